The molecule has 106 valence electrons. The monoisotopic (exact) mass is 261 g/mol. The predicted molar refractivity (Wildman–Crippen MR) is 81.6 cm³/mol. The summed E-state index contributed by atoms with van der Waals surface area (Å²) in [6, 6.07) is 2.24. The maximum Gasteiger partial charge on any atom is 0.0445 e. The van der Waals surface area contributed by atoms with Crippen LogP contribution in [0.2, 0.25) is 0 Å². The molecular weight excluding hydrogens is 234 g/mol. The number of aryl methyl sites for hydroxylation is 1. The number of anilines is 1. The molecule has 1 heterocycles. The zero-order chi connectivity index (χ0) is 13.7. The number of hydrogen-bond acceptors (Lipinski definition) is 3. The van der Waals surface area contributed by atoms with Crippen molar-refractivity contribution in [2.24, 2.45) is 5.92 Å². The molecule has 0 bridgehead atoms. The van der Waals surface area contributed by atoms with Gasteiger partial charge in [0.05, 0.1) is 0 Å². The second kappa shape index (κ2) is 6.90. The third-order valence-corrected chi connectivity index (χ3v) is 3.74. The molecule has 0 amide bonds. The zero-order valence-corrected chi connectivity index (χ0v) is 12.6. The molecule has 1 aromatic heterocycles. The van der Waals surface area contributed by atoms with Crippen molar-refractivity contribution in [1.29, 1.82) is 0 Å². The van der Waals surface area contributed by atoms with Gasteiger partial charge in [-0.25, -0.2) is 0 Å². The van der Waals surface area contributed by atoms with Gasteiger partial charge in [0, 0.05) is 42.8 Å². The Morgan fingerprint density at radius 2 is 2.16 bits per heavy atom. The Labute approximate surface area is 117 Å². The summed E-state index contributed by atoms with van der Waals surface area (Å²) < 4.78 is 0. The van der Waals surface area contributed by atoms with E-state index in [4.69, 9.17) is 0 Å². The molecule has 1 aliphatic rings. The van der Waals surface area contributed by atoms with E-state index in [0.717, 1.165) is 31.2 Å². The average molecular weight is 261 g/mol. The lowest BCUT2D eigenvalue weighted by atomic mass is 10.1. The molecule has 1 aromatic rings. The highest BCUT2D eigenvalue weighted by Gasteiger charge is 2.24. The van der Waals surface area contributed by atoms with Gasteiger partial charge in [-0.1, -0.05) is 6.92 Å². The van der Waals surface area contributed by atoms with Gasteiger partial charge in [-0.3, -0.25) is 4.98 Å². The normalized spacial score (nSPS) is 14.7. The smallest absolute Gasteiger partial charge is 0.0445 e. The lowest BCUT2D eigenvalue weighted by molar-refractivity contribution is 0.666. The van der Waals surface area contributed by atoms with Crippen molar-refractivity contribution in [2.45, 2.75) is 46.6 Å². The van der Waals surface area contributed by atoms with Crippen LogP contribution >= 0.6 is 0 Å². The molecule has 0 aromatic carbocycles. The van der Waals surface area contributed by atoms with Crippen molar-refractivity contribution in [3.63, 3.8) is 0 Å². The van der Waals surface area contributed by atoms with Gasteiger partial charge >= 0.3 is 0 Å². The van der Waals surface area contributed by atoms with Gasteiger partial charge in [0.2, 0.25) is 0 Å². The third-order valence-electron chi connectivity index (χ3n) is 3.74. The van der Waals surface area contributed by atoms with Crippen LogP contribution in [-0.2, 0) is 6.54 Å². The van der Waals surface area contributed by atoms with E-state index in [0.29, 0.717) is 0 Å². The molecule has 0 aliphatic heterocycles. The van der Waals surface area contributed by atoms with Crippen molar-refractivity contribution in [3.05, 3.63) is 23.5 Å². The molecule has 0 unspecified atom stereocenters. The molecule has 1 saturated carbocycles. The predicted octanol–water partition coefficient (Wildman–Crippen LogP) is 3.13. The fourth-order valence-electron chi connectivity index (χ4n) is 2.41. The maximum atomic E-state index is 4.46. The molecule has 0 spiro atoms. The quantitative estimate of drug-likeness (QED) is 0.729. The Balaban J connectivity index is 2.11. The third kappa shape index (κ3) is 4.20. The number of rotatable bonds is 8. The maximum absolute atomic E-state index is 4.46. The molecule has 1 N–H and O–H groups in total. The Morgan fingerprint density at radius 1 is 1.37 bits per heavy atom. The van der Waals surface area contributed by atoms with Gasteiger partial charge < -0.3 is 10.2 Å². The van der Waals surface area contributed by atoms with Crippen LogP contribution in [0.5, 0.6) is 0 Å². The molecule has 2 rings (SSSR count). The van der Waals surface area contributed by atoms with E-state index < -0.39 is 0 Å². The minimum atomic E-state index is 0.921. The molecule has 1 fully saturated rings. The highest BCUT2D eigenvalue weighted by atomic mass is 15.1. The van der Waals surface area contributed by atoms with Gasteiger partial charge in [-0.05, 0) is 51.6 Å². The SMILES string of the molecule is CCCNCc1cnc(C)cc1N(CC)CC1CC1. The Kier molecular flexibility index (Phi) is 5.20. The molecule has 0 saturated heterocycles. The fraction of sp³-hybridized carbons (Fsp3) is 0.688. The van der Waals surface area contributed by atoms with Crippen molar-refractivity contribution in [2.75, 3.05) is 24.5 Å². The minimum absolute atomic E-state index is 0.921. The highest BCUT2D eigenvalue weighted by Crippen LogP contribution is 2.32. The first-order valence-corrected chi connectivity index (χ1v) is 7.65. The van der Waals surface area contributed by atoms with Crippen LogP contribution in [0.25, 0.3) is 0 Å². The van der Waals surface area contributed by atoms with Crippen LogP contribution in [0.3, 0.4) is 0 Å². The van der Waals surface area contributed by atoms with E-state index in [-0.39, 0.29) is 0 Å². The van der Waals surface area contributed by atoms with Crippen molar-refractivity contribution in [3.8, 4) is 0 Å². The zero-order valence-electron chi connectivity index (χ0n) is 12.6. The molecule has 19 heavy (non-hydrogen) atoms. The second-order valence-corrected chi connectivity index (χ2v) is 5.61. The summed E-state index contributed by atoms with van der Waals surface area (Å²) in [5.74, 6) is 0.921. The van der Waals surface area contributed by atoms with Crippen LogP contribution < -0.4 is 10.2 Å². The summed E-state index contributed by atoms with van der Waals surface area (Å²) in [6.45, 7) is 10.8. The van der Waals surface area contributed by atoms with Crippen molar-refractivity contribution < 1.29 is 0 Å². The van der Waals surface area contributed by atoms with E-state index in [1.165, 1.54) is 37.1 Å². The van der Waals surface area contributed by atoms with E-state index in [9.17, 15) is 0 Å². The van der Waals surface area contributed by atoms with E-state index in [1.54, 1.807) is 0 Å². The summed E-state index contributed by atoms with van der Waals surface area (Å²) in [5, 5.41) is 3.49. The highest BCUT2D eigenvalue weighted by molar-refractivity contribution is 5.53. The van der Waals surface area contributed by atoms with Crippen molar-refractivity contribution in [1.82, 2.24) is 10.3 Å². The molecule has 3 heteroatoms. The number of hydrogen-bond donors (Lipinski definition) is 1. The van der Waals surface area contributed by atoms with Crippen LogP contribution in [-0.4, -0.2) is 24.6 Å². The number of pyridine rings is 1. The van der Waals surface area contributed by atoms with E-state index in [1.807, 2.05) is 6.20 Å². The number of nitrogens with zero attached hydrogens (tertiary/aromatic N) is 2. The first kappa shape index (κ1) is 14.3. The van der Waals surface area contributed by atoms with Gasteiger partial charge in [-0.15, -0.1) is 0 Å². The minimum Gasteiger partial charge on any atom is -0.371 e. The van der Waals surface area contributed by atoms with Gasteiger partial charge in [-0.2, -0.15) is 0 Å². The van der Waals surface area contributed by atoms with E-state index >= 15 is 0 Å². The van der Waals surface area contributed by atoms with Crippen LogP contribution in [0.15, 0.2) is 12.3 Å². The summed E-state index contributed by atoms with van der Waals surface area (Å²) in [7, 11) is 0. The van der Waals surface area contributed by atoms with Gasteiger partial charge in [0.15, 0.2) is 0 Å². The first-order valence-electron chi connectivity index (χ1n) is 7.65. The molecule has 0 atom stereocenters. The lowest BCUT2D eigenvalue weighted by Crippen LogP contribution is -2.27. The first-order chi connectivity index (χ1) is 9.24. The topological polar surface area (TPSA) is 28.2 Å². The molecular formula is C16H27N3. The summed E-state index contributed by atoms with van der Waals surface area (Å²) in [5.41, 5.74) is 3.83. The fourth-order valence-corrected chi connectivity index (χ4v) is 2.41. The van der Waals surface area contributed by atoms with Gasteiger partial charge in [0.1, 0.15) is 0 Å². The second-order valence-electron chi connectivity index (χ2n) is 5.61. The van der Waals surface area contributed by atoms with Crippen LogP contribution in [0.1, 0.15) is 44.4 Å². The lowest BCUT2D eigenvalue weighted by Gasteiger charge is -2.26. The summed E-state index contributed by atoms with van der Waals surface area (Å²) in [6.07, 6.45) is 6.03. The molecule has 1 aliphatic carbocycles. The Morgan fingerprint density at radius 3 is 2.79 bits per heavy atom. The van der Waals surface area contributed by atoms with E-state index in [2.05, 4.69) is 42.0 Å². The number of nitrogens with one attached hydrogen (secondary N) is 1. The largest absolute Gasteiger partial charge is 0.371 e. The molecule has 3 nitrogen and oxygen atoms in total. The Bertz CT molecular complexity index is 399. The van der Waals surface area contributed by atoms with Crippen molar-refractivity contribution >= 4 is 5.69 Å². The van der Waals surface area contributed by atoms with Gasteiger partial charge in [0.25, 0.3) is 0 Å². The summed E-state index contributed by atoms with van der Waals surface area (Å²) in [4.78, 5) is 6.99. The number of aromatic nitrogens is 1. The van der Waals surface area contributed by atoms with Crippen LogP contribution in [0.4, 0.5) is 5.69 Å². The molecule has 0 radical (unpaired) electrons. The Hall–Kier alpha value is -1.09. The standard InChI is InChI=1S/C16H27N3/c1-4-8-17-10-15-11-18-13(3)9-16(15)19(5-2)12-14-6-7-14/h9,11,14,17H,4-8,10,12H2,1-3H3. The summed E-state index contributed by atoms with van der Waals surface area (Å²) >= 11 is 0. The average Bonchev–Trinajstić information content (AvgIpc) is 3.22. The van der Waals surface area contributed by atoms with Crippen LogP contribution in [0, 0.1) is 12.8 Å².